The summed E-state index contributed by atoms with van der Waals surface area (Å²) in [6, 6.07) is 0.325. The van der Waals surface area contributed by atoms with Gasteiger partial charge in [-0.3, -0.25) is 4.98 Å². The van der Waals surface area contributed by atoms with Gasteiger partial charge in [0.15, 0.2) is 0 Å². The molecule has 1 atom stereocenters. The lowest BCUT2D eigenvalue weighted by Gasteiger charge is -2.14. The van der Waals surface area contributed by atoms with Gasteiger partial charge in [-0.25, -0.2) is 4.98 Å². The highest BCUT2D eigenvalue weighted by Gasteiger charge is 2.03. The predicted octanol–water partition coefficient (Wildman–Crippen LogP) is 2.14. The fourth-order valence-corrected chi connectivity index (χ4v) is 1.39. The van der Waals surface area contributed by atoms with Gasteiger partial charge in [-0.05, 0) is 19.8 Å². The summed E-state index contributed by atoms with van der Waals surface area (Å²) in [6.45, 7) is 5.88. The maximum absolute atomic E-state index is 5.04. The quantitative estimate of drug-likeness (QED) is 0.726. The number of ether oxygens (including phenoxy) is 1. The average Bonchev–Trinajstić information content (AvgIpc) is 2.34. The average molecular weight is 238 g/mol. The molecule has 1 unspecified atom stereocenters. The second kappa shape index (κ2) is 7.84. The molecule has 1 aromatic heterocycles. The molecule has 96 valence electrons. The number of hydrogen-bond acceptors (Lipinski definition) is 5. The van der Waals surface area contributed by atoms with Gasteiger partial charge in [-0.15, -0.1) is 0 Å². The van der Waals surface area contributed by atoms with E-state index in [1.54, 1.807) is 19.5 Å². The number of anilines is 2. The minimum atomic E-state index is 0.325. The molecule has 0 saturated heterocycles. The van der Waals surface area contributed by atoms with Crippen LogP contribution in [0.1, 0.15) is 26.7 Å². The molecule has 5 nitrogen and oxygen atoms in total. The van der Waals surface area contributed by atoms with E-state index in [1.807, 2.05) is 0 Å². The lowest BCUT2D eigenvalue weighted by atomic mass is 10.2. The summed E-state index contributed by atoms with van der Waals surface area (Å²) in [5, 5.41) is 6.51. The SMILES string of the molecule is CCCNc1cncc(NC(C)CCOC)n1. The zero-order chi connectivity index (χ0) is 12.5. The second-order valence-corrected chi connectivity index (χ2v) is 4.04. The Morgan fingerprint density at radius 1 is 1.35 bits per heavy atom. The minimum absolute atomic E-state index is 0.325. The van der Waals surface area contributed by atoms with Crippen molar-refractivity contribution >= 4 is 11.6 Å². The molecule has 0 bridgehead atoms. The van der Waals surface area contributed by atoms with E-state index < -0.39 is 0 Å². The van der Waals surface area contributed by atoms with Crippen LogP contribution in [0, 0.1) is 0 Å². The summed E-state index contributed by atoms with van der Waals surface area (Å²) in [5.74, 6) is 1.62. The molecule has 0 aliphatic rings. The van der Waals surface area contributed by atoms with Crippen LogP contribution in [-0.4, -0.2) is 36.3 Å². The monoisotopic (exact) mass is 238 g/mol. The van der Waals surface area contributed by atoms with Crippen molar-refractivity contribution in [2.75, 3.05) is 30.9 Å². The fourth-order valence-electron chi connectivity index (χ4n) is 1.39. The Morgan fingerprint density at radius 3 is 2.82 bits per heavy atom. The van der Waals surface area contributed by atoms with Crippen LogP contribution in [0.2, 0.25) is 0 Å². The Morgan fingerprint density at radius 2 is 2.12 bits per heavy atom. The first-order valence-corrected chi connectivity index (χ1v) is 6.07. The van der Waals surface area contributed by atoms with Gasteiger partial charge in [0.05, 0.1) is 12.4 Å². The Kier molecular flexibility index (Phi) is 6.32. The summed E-state index contributed by atoms with van der Waals surface area (Å²) in [4.78, 5) is 8.58. The Balaban J connectivity index is 2.47. The molecule has 0 aliphatic heterocycles. The topological polar surface area (TPSA) is 59.1 Å². The van der Waals surface area contributed by atoms with Crippen LogP contribution in [0.3, 0.4) is 0 Å². The van der Waals surface area contributed by atoms with Crippen molar-refractivity contribution in [3.8, 4) is 0 Å². The summed E-state index contributed by atoms with van der Waals surface area (Å²) in [7, 11) is 1.71. The highest BCUT2D eigenvalue weighted by Crippen LogP contribution is 2.09. The van der Waals surface area contributed by atoms with E-state index in [0.29, 0.717) is 6.04 Å². The fraction of sp³-hybridized carbons (Fsp3) is 0.667. The third-order valence-corrected chi connectivity index (χ3v) is 2.34. The molecule has 5 heteroatoms. The summed E-state index contributed by atoms with van der Waals surface area (Å²) in [5.41, 5.74) is 0. The van der Waals surface area contributed by atoms with Crippen LogP contribution in [0.5, 0.6) is 0 Å². The molecule has 0 aromatic carbocycles. The van der Waals surface area contributed by atoms with E-state index in [-0.39, 0.29) is 0 Å². The van der Waals surface area contributed by atoms with Crippen LogP contribution in [0.25, 0.3) is 0 Å². The first kappa shape index (κ1) is 13.7. The summed E-state index contributed by atoms with van der Waals surface area (Å²) >= 11 is 0. The number of nitrogens with zero attached hydrogens (tertiary/aromatic N) is 2. The van der Waals surface area contributed by atoms with E-state index in [2.05, 4.69) is 34.4 Å². The molecule has 1 heterocycles. The van der Waals surface area contributed by atoms with E-state index in [9.17, 15) is 0 Å². The molecular weight excluding hydrogens is 216 g/mol. The van der Waals surface area contributed by atoms with Crippen molar-refractivity contribution in [2.24, 2.45) is 0 Å². The second-order valence-electron chi connectivity index (χ2n) is 4.04. The van der Waals surface area contributed by atoms with Gasteiger partial charge in [-0.2, -0.15) is 0 Å². The molecule has 0 fully saturated rings. The first-order valence-electron chi connectivity index (χ1n) is 6.07. The van der Waals surface area contributed by atoms with Gasteiger partial charge < -0.3 is 15.4 Å². The molecule has 1 rings (SSSR count). The normalized spacial score (nSPS) is 12.2. The lowest BCUT2D eigenvalue weighted by molar-refractivity contribution is 0.191. The molecule has 0 saturated carbocycles. The maximum atomic E-state index is 5.04. The van der Waals surface area contributed by atoms with Crippen LogP contribution in [0.15, 0.2) is 12.4 Å². The highest BCUT2D eigenvalue weighted by molar-refractivity contribution is 5.41. The maximum Gasteiger partial charge on any atom is 0.147 e. The summed E-state index contributed by atoms with van der Waals surface area (Å²) in [6.07, 6.45) is 5.50. The van der Waals surface area contributed by atoms with Gasteiger partial charge in [-0.1, -0.05) is 6.92 Å². The van der Waals surface area contributed by atoms with Crippen LogP contribution >= 0.6 is 0 Å². The molecule has 1 aromatic rings. The van der Waals surface area contributed by atoms with E-state index in [0.717, 1.165) is 37.6 Å². The van der Waals surface area contributed by atoms with Crippen LogP contribution < -0.4 is 10.6 Å². The highest BCUT2D eigenvalue weighted by atomic mass is 16.5. The van der Waals surface area contributed by atoms with Crippen LogP contribution in [-0.2, 0) is 4.74 Å². The van der Waals surface area contributed by atoms with E-state index in [1.165, 1.54) is 0 Å². The van der Waals surface area contributed by atoms with Crippen molar-refractivity contribution in [3.63, 3.8) is 0 Å². The van der Waals surface area contributed by atoms with Gasteiger partial charge >= 0.3 is 0 Å². The number of nitrogens with one attached hydrogen (secondary N) is 2. The third kappa shape index (κ3) is 5.49. The molecular formula is C12H22N4O. The first-order chi connectivity index (χ1) is 8.26. The molecule has 0 radical (unpaired) electrons. The lowest BCUT2D eigenvalue weighted by Crippen LogP contribution is -2.18. The standard InChI is InChI=1S/C12H22N4O/c1-4-6-14-11-8-13-9-12(16-11)15-10(2)5-7-17-3/h8-10H,4-7H2,1-3H3,(H2,14,15,16). The Bertz CT molecular complexity index is 319. The molecule has 0 amide bonds. The van der Waals surface area contributed by atoms with Crippen molar-refractivity contribution in [1.82, 2.24) is 9.97 Å². The minimum Gasteiger partial charge on any atom is -0.385 e. The number of hydrogen-bond donors (Lipinski definition) is 2. The number of rotatable bonds is 8. The zero-order valence-corrected chi connectivity index (χ0v) is 10.9. The van der Waals surface area contributed by atoms with Gasteiger partial charge in [0.25, 0.3) is 0 Å². The van der Waals surface area contributed by atoms with E-state index in [4.69, 9.17) is 4.74 Å². The van der Waals surface area contributed by atoms with Crippen molar-refractivity contribution in [3.05, 3.63) is 12.4 Å². The van der Waals surface area contributed by atoms with Gasteiger partial charge in [0.1, 0.15) is 11.6 Å². The molecule has 0 aliphatic carbocycles. The third-order valence-electron chi connectivity index (χ3n) is 2.34. The largest absolute Gasteiger partial charge is 0.385 e. The smallest absolute Gasteiger partial charge is 0.147 e. The van der Waals surface area contributed by atoms with Crippen molar-refractivity contribution < 1.29 is 4.74 Å². The van der Waals surface area contributed by atoms with Crippen LogP contribution in [0.4, 0.5) is 11.6 Å². The van der Waals surface area contributed by atoms with E-state index >= 15 is 0 Å². The Labute approximate surface area is 103 Å². The molecule has 17 heavy (non-hydrogen) atoms. The molecule has 0 spiro atoms. The molecule has 2 N–H and O–H groups in total. The van der Waals surface area contributed by atoms with Gasteiger partial charge in [0, 0.05) is 26.3 Å². The zero-order valence-electron chi connectivity index (χ0n) is 10.9. The van der Waals surface area contributed by atoms with Crippen molar-refractivity contribution in [2.45, 2.75) is 32.7 Å². The predicted molar refractivity (Wildman–Crippen MR) is 70.4 cm³/mol. The Hall–Kier alpha value is -1.36. The summed E-state index contributed by atoms with van der Waals surface area (Å²) < 4.78 is 5.04. The van der Waals surface area contributed by atoms with Crippen molar-refractivity contribution in [1.29, 1.82) is 0 Å². The number of aromatic nitrogens is 2. The van der Waals surface area contributed by atoms with Gasteiger partial charge in [0.2, 0.25) is 0 Å². The number of methoxy groups -OCH3 is 1.